The molecule has 0 fully saturated rings. The van der Waals surface area contributed by atoms with Gasteiger partial charge in [0.25, 0.3) is 5.91 Å². The van der Waals surface area contributed by atoms with Crippen molar-refractivity contribution in [3.05, 3.63) is 58.6 Å². The molecule has 116 valence electrons. The lowest BCUT2D eigenvalue weighted by atomic mass is 10.1. The van der Waals surface area contributed by atoms with Crippen LogP contribution in [-0.2, 0) is 6.42 Å². The second kappa shape index (κ2) is 7.71. The van der Waals surface area contributed by atoms with Gasteiger partial charge >= 0.3 is 0 Å². The molecule has 0 aliphatic carbocycles. The second-order valence-electron chi connectivity index (χ2n) is 4.70. The molecule has 22 heavy (non-hydrogen) atoms. The first kappa shape index (κ1) is 16.2. The van der Waals surface area contributed by atoms with Gasteiger partial charge in [-0.3, -0.25) is 4.79 Å². The molecule has 2 aromatic carbocycles. The zero-order chi connectivity index (χ0) is 15.9. The molecule has 0 saturated heterocycles. The Morgan fingerprint density at radius 2 is 1.73 bits per heavy atom. The second-order valence-corrected chi connectivity index (χ2v) is 5.14. The Balaban J connectivity index is 1.93. The average molecular weight is 320 g/mol. The lowest BCUT2D eigenvalue weighted by Gasteiger charge is -2.10. The van der Waals surface area contributed by atoms with E-state index in [-0.39, 0.29) is 5.91 Å². The monoisotopic (exact) mass is 319 g/mol. The van der Waals surface area contributed by atoms with Gasteiger partial charge in [-0.15, -0.1) is 0 Å². The van der Waals surface area contributed by atoms with Gasteiger partial charge in [-0.05, 0) is 42.3 Å². The highest BCUT2D eigenvalue weighted by atomic mass is 35.5. The van der Waals surface area contributed by atoms with Crippen molar-refractivity contribution in [3.8, 4) is 11.5 Å². The van der Waals surface area contributed by atoms with Gasteiger partial charge in [-0.25, -0.2) is 0 Å². The van der Waals surface area contributed by atoms with E-state index in [0.29, 0.717) is 28.6 Å². The molecule has 0 radical (unpaired) electrons. The van der Waals surface area contributed by atoms with Crippen LogP contribution in [0.5, 0.6) is 11.5 Å². The number of benzene rings is 2. The van der Waals surface area contributed by atoms with Crippen LogP contribution in [0.3, 0.4) is 0 Å². The van der Waals surface area contributed by atoms with Crippen molar-refractivity contribution in [2.45, 2.75) is 6.42 Å². The molecule has 4 nitrogen and oxygen atoms in total. The van der Waals surface area contributed by atoms with E-state index in [0.717, 1.165) is 12.0 Å². The van der Waals surface area contributed by atoms with E-state index in [1.54, 1.807) is 32.4 Å². The third kappa shape index (κ3) is 4.15. The Kier molecular flexibility index (Phi) is 5.67. The molecule has 5 heteroatoms. The maximum atomic E-state index is 12.1. The van der Waals surface area contributed by atoms with Gasteiger partial charge < -0.3 is 14.8 Å². The van der Waals surface area contributed by atoms with Crippen molar-refractivity contribution in [1.29, 1.82) is 0 Å². The van der Waals surface area contributed by atoms with E-state index in [1.165, 1.54) is 0 Å². The van der Waals surface area contributed by atoms with E-state index < -0.39 is 0 Å². The van der Waals surface area contributed by atoms with Crippen LogP contribution in [0.1, 0.15) is 15.9 Å². The number of ether oxygens (including phenoxy) is 2. The summed E-state index contributed by atoms with van der Waals surface area (Å²) >= 11 is 5.84. The Morgan fingerprint density at radius 1 is 1.05 bits per heavy atom. The predicted molar refractivity (Wildman–Crippen MR) is 87.0 cm³/mol. The number of rotatable bonds is 6. The fourth-order valence-corrected chi connectivity index (χ4v) is 2.18. The first-order chi connectivity index (χ1) is 10.6. The minimum atomic E-state index is -0.144. The van der Waals surface area contributed by atoms with Crippen LogP contribution in [0, 0.1) is 0 Å². The van der Waals surface area contributed by atoms with Gasteiger partial charge in [0.05, 0.1) is 14.2 Å². The minimum Gasteiger partial charge on any atom is -0.493 e. The maximum absolute atomic E-state index is 12.1. The first-order valence-electron chi connectivity index (χ1n) is 6.88. The Morgan fingerprint density at radius 3 is 2.36 bits per heavy atom. The first-order valence-corrected chi connectivity index (χ1v) is 7.26. The fraction of sp³-hybridized carbons (Fsp3) is 0.235. The highest BCUT2D eigenvalue weighted by molar-refractivity contribution is 6.30. The highest BCUT2D eigenvalue weighted by Gasteiger charge is 2.10. The van der Waals surface area contributed by atoms with Gasteiger partial charge in [-0.1, -0.05) is 23.7 Å². The Bertz CT molecular complexity index is 641. The lowest BCUT2D eigenvalue weighted by molar-refractivity contribution is 0.0953. The molecular formula is C17H18ClNO3. The predicted octanol–water partition coefficient (Wildman–Crippen LogP) is 3.33. The van der Waals surface area contributed by atoms with Crippen molar-refractivity contribution in [2.75, 3.05) is 20.8 Å². The van der Waals surface area contributed by atoms with Gasteiger partial charge in [0.2, 0.25) is 0 Å². The number of carbonyl (C=O) groups is 1. The van der Waals surface area contributed by atoms with Crippen LogP contribution in [-0.4, -0.2) is 26.7 Å². The number of hydrogen-bond acceptors (Lipinski definition) is 3. The molecule has 0 heterocycles. The number of halogens is 1. The summed E-state index contributed by atoms with van der Waals surface area (Å²) in [5.41, 5.74) is 1.66. The Hall–Kier alpha value is -2.20. The van der Waals surface area contributed by atoms with Crippen LogP contribution < -0.4 is 14.8 Å². The molecular weight excluding hydrogens is 302 g/mol. The number of methoxy groups -OCH3 is 2. The molecule has 1 N–H and O–H groups in total. The normalized spacial score (nSPS) is 10.1. The van der Waals surface area contributed by atoms with Gasteiger partial charge in [-0.2, -0.15) is 0 Å². The standard InChI is InChI=1S/C17H18ClNO3/c1-21-15-8-5-13(11-16(15)22-2)17(20)19-10-9-12-3-6-14(18)7-4-12/h3-8,11H,9-10H2,1-2H3,(H,19,20). The summed E-state index contributed by atoms with van der Waals surface area (Å²) in [5.74, 6) is 0.989. The van der Waals surface area contributed by atoms with E-state index in [9.17, 15) is 4.79 Å². The third-order valence-electron chi connectivity index (χ3n) is 3.26. The molecule has 2 aromatic rings. The van der Waals surface area contributed by atoms with Crippen LogP contribution in [0.4, 0.5) is 0 Å². The number of carbonyl (C=O) groups excluding carboxylic acids is 1. The summed E-state index contributed by atoms with van der Waals surface area (Å²) in [4.78, 5) is 12.1. The number of nitrogens with one attached hydrogen (secondary N) is 1. The zero-order valence-corrected chi connectivity index (χ0v) is 13.3. The quantitative estimate of drug-likeness (QED) is 0.888. The molecule has 2 rings (SSSR count). The van der Waals surface area contributed by atoms with Crippen LogP contribution in [0.2, 0.25) is 5.02 Å². The van der Waals surface area contributed by atoms with E-state index in [2.05, 4.69) is 5.32 Å². The largest absolute Gasteiger partial charge is 0.493 e. The molecule has 0 atom stereocenters. The van der Waals surface area contributed by atoms with Gasteiger partial charge in [0.1, 0.15) is 0 Å². The molecule has 1 amide bonds. The van der Waals surface area contributed by atoms with Crippen LogP contribution in [0.25, 0.3) is 0 Å². The average Bonchev–Trinajstić information content (AvgIpc) is 2.55. The van der Waals surface area contributed by atoms with Crippen molar-refractivity contribution in [3.63, 3.8) is 0 Å². The van der Waals surface area contributed by atoms with E-state index in [1.807, 2.05) is 24.3 Å². The van der Waals surface area contributed by atoms with E-state index >= 15 is 0 Å². The smallest absolute Gasteiger partial charge is 0.251 e. The van der Waals surface area contributed by atoms with Crippen molar-refractivity contribution >= 4 is 17.5 Å². The van der Waals surface area contributed by atoms with Crippen LogP contribution in [0.15, 0.2) is 42.5 Å². The van der Waals surface area contributed by atoms with Gasteiger partial charge in [0, 0.05) is 17.1 Å². The molecule has 0 bridgehead atoms. The summed E-state index contributed by atoms with van der Waals surface area (Å²) in [6, 6.07) is 12.7. The van der Waals surface area contributed by atoms with Crippen molar-refractivity contribution < 1.29 is 14.3 Å². The zero-order valence-electron chi connectivity index (χ0n) is 12.6. The van der Waals surface area contributed by atoms with E-state index in [4.69, 9.17) is 21.1 Å². The third-order valence-corrected chi connectivity index (χ3v) is 3.51. The molecule has 0 saturated carbocycles. The van der Waals surface area contributed by atoms with Crippen molar-refractivity contribution in [2.24, 2.45) is 0 Å². The molecule has 0 unspecified atom stereocenters. The molecule has 0 aliphatic rings. The molecule has 0 aromatic heterocycles. The summed E-state index contributed by atoms with van der Waals surface area (Å²) in [6.45, 7) is 0.550. The highest BCUT2D eigenvalue weighted by Crippen LogP contribution is 2.27. The van der Waals surface area contributed by atoms with Gasteiger partial charge in [0.15, 0.2) is 11.5 Å². The maximum Gasteiger partial charge on any atom is 0.251 e. The summed E-state index contributed by atoms with van der Waals surface area (Å²) in [6.07, 6.45) is 0.746. The summed E-state index contributed by atoms with van der Waals surface area (Å²) < 4.78 is 10.3. The molecule has 0 spiro atoms. The molecule has 0 aliphatic heterocycles. The van der Waals surface area contributed by atoms with Crippen LogP contribution >= 0.6 is 11.6 Å². The minimum absolute atomic E-state index is 0.144. The Labute approximate surface area is 135 Å². The lowest BCUT2D eigenvalue weighted by Crippen LogP contribution is -2.25. The topological polar surface area (TPSA) is 47.6 Å². The number of amides is 1. The van der Waals surface area contributed by atoms with Crippen molar-refractivity contribution in [1.82, 2.24) is 5.32 Å². The summed E-state index contributed by atoms with van der Waals surface area (Å²) in [7, 11) is 3.10. The fourth-order valence-electron chi connectivity index (χ4n) is 2.05. The SMILES string of the molecule is COc1ccc(C(=O)NCCc2ccc(Cl)cc2)cc1OC. The summed E-state index contributed by atoms with van der Waals surface area (Å²) in [5, 5.41) is 3.59. The number of hydrogen-bond donors (Lipinski definition) is 1.